The van der Waals surface area contributed by atoms with Crippen LogP contribution in [-0.2, 0) is 15.1 Å². The van der Waals surface area contributed by atoms with Crippen LogP contribution in [-0.4, -0.2) is 18.4 Å². The van der Waals surface area contributed by atoms with Crippen molar-refractivity contribution in [1.29, 1.82) is 0 Å². The molecule has 1 aromatic carbocycles. The predicted octanol–water partition coefficient (Wildman–Crippen LogP) is 2.60. The minimum Gasteiger partial charge on any atom is -0.478 e. The Morgan fingerprint density at radius 2 is 1.76 bits per heavy atom. The molecule has 0 aromatic heterocycles. The highest BCUT2D eigenvalue weighted by Gasteiger charge is 2.54. The maximum absolute atomic E-state index is 13.7. The van der Waals surface area contributed by atoms with E-state index in [2.05, 4.69) is 0 Å². The minimum atomic E-state index is -3.29. The van der Waals surface area contributed by atoms with Gasteiger partial charge in [0.05, 0.1) is 6.26 Å². The zero-order valence-corrected chi connectivity index (χ0v) is 8.65. The molecule has 0 saturated heterocycles. The molecule has 1 aliphatic rings. The Morgan fingerprint density at radius 1 is 1.12 bits per heavy atom. The van der Waals surface area contributed by atoms with Crippen LogP contribution in [0.4, 0.5) is 13.2 Å². The van der Waals surface area contributed by atoms with E-state index in [-0.39, 0.29) is 5.56 Å². The summed E-state index contributed by atoms with van der Waals surface area (Å²) in [4.78, 5) is 11.7. The fourth-order valence-electron chi connectivity index (χ4n) is 1.82. The van der Waals surface area contributed by atoms with Gasteiger partial charge in [-0.1, -0.05) is 30.3 Å². The normalized spacial score (nSPS) is 25.1. The third-order valence-corrected chi connectivity index (χ3v) is 2.65. The number of carbonyl (C=O) groups is 1. The number of ether oxygens (including phenoxy) is 1. The first-order chi connectivity index (χ1) is 8.09. The van der Waals surface area contributed by atoms with Crippen LogP contribution in [0.15, 0.2) is 42.7 Å². The molecule has 2 atom stereocenters. The molecule has 0 N–H and O–H groups in total. The number of rotatable bonds is 3. The van der Waals surface area contributed by atoms with Crippen molar-refractivity contribution in [2.24, 2.45) is 0 Å². The molecule has 5 heteroatoms. The summed E-state index contributed by atoms with van der Waals surface area (Å²) >= 11 is 0. The Hall–Kier alpha value is -1.78. The van der Waals surface area contributed by atoms with Crippen LogP contribution >= 0.6 is 0 Å². The van der Waals surface area contributed by atoms with Gasteiger partial charge < -0.3 is 4.74 Å². The van der Waals surface area contributed by atoms with Gasteiger partial charge in [-0.05, 0) is 0 Å². The van der Waals surface area contributed by atoms with Crippen molar-refractivity contribution in [1.82, 2.24) is 0 Å². The molecule has 2 nitrogen and oxygen atoms in total. The van der Waals surface area contributed by atoms with E-state index in [9.17, 15) is 18.0 Å². The van der Waals surface area contributed by atoms with Gasteiger partial charge in [-0.15, -0.1) is 0 Å². The van der Waals surface area contributed by atoms with Gasteiger partial charge >= 0.3 is 0 Å². The number of alkyl halides is 3. The minimum absolute atomic E-state index is 0.0859. The van der Waals surface area contributed by atoms with Crippen LogP contribution in [0.3, 0.4) is 0 Å². The zero-order valence-electron chi connectivity index (χ0n) is 8.65. The molecule has 0 aliphatic carbocycles. The summed E-state index contributed by atoms with van der Waals surface area (Å²) in [5.74, 6) is -0.809. The monoisotopic (exact) mass is 242 g/mol. The highest BCUT2D eigenvalue weighted by Crippen LogP contribution is 2.39. The standard InChI is InChI=1S/C12H9F3O2/c13-10(11(14)15)12(9(16)6-7-17-12)8-4-2-1-3-5-8/h1-7,10-11H. The summed E-state index contributed by atoms with van der Waals surface area (Å²) in [6.07, 6.45) is -4.09. The second-order valence-electron chi connectivity index (χ2n) is 3.62. The van der Waals surface area contributed by atoms with Gasteiger partial charge in [0.25, 0.3) is 6.43 Å². The Morgan fingerprint density at radius 3 is 2.24 bits per heavy atom. The average Bonchev–Trinajstić information content (AvgIpc) is 2.72. The maximum atomic E-state index is 13.7. The molecule has 0 amide bonds. The van der Waals surface area contributed by atoms with Gasteiger partial charge in [0.2, 0.25) is 17.6 Å². The summed E-state index contributed by atoms with van der Waals surface area (Å²) < 4.78 is 43.7. The number of hydrogen-bond donors (Lipinski definition) is 0. The summed E-state index contributed by atoms with van der Waals surface area (Å²) in [5.41, 5.74) is -2.15. The predicted molar refractivity (Wildman–Crippen MR) is 54.3 cm³/mol. The van der Waals surface area contributed by atoms with Crippen molar-refractivity contribution in [2.45, 2.75) is 18.2 Å². The van der Waals surface area contributed by atoms with E-state index in [1.54, 1.807) is 6.07 Å². The van der Waals surface area contributed by atoms with Gasteiger partial charge in [0, 0.05) is 11.6 Å². The average molecular weight is 242 g/mol. The summed E-state index contributed by atoms with van der Waals surface area (Å²) in [7, 11) is 0. The lowest BCUT2D eigenvalue weighted by atomic mass is 9.85. The number of ketones is 1. The van der Waals surface area contributed by atoms with Crippen molar-refractivity contribution in [3.05, 3.63) is 48.2 Å². The smallest absolute Gasteiger partial charge is 0.274 e. The highest BCUT2D eigenvalue weighted by molar-refractivity contribution is 6.00. The van der Waals surface area contributed by atoms with Crippen LogP contribution in [0.2, 0.25) is 0 Å². The number of halogens is 3. The third-order valence-electron chi connectivity index (χ3n) is 2.65. The quantitative estimate of drug-likeness (QED) is 0.814. The maximum Gasteiger partial charge on any atom is 0.274 e. The highest BCUT2D eigenvalue weighted by atomic mass is 19.3. The van der Waals surface area contributed by atoms with Gasteiger partial charge in [-0.25, -0.2) is 13.2 Å². The molecule has 1 heterocycles. The lowest BCUT2D eigenvalue weighted by Crippen LogP contribution is -2.46. The van der Waals surface area contributed by atoms with Crippen molar-refractivity contribution in [2.75, 3.05) is 0 Å². The van der Waals surface area contributed by atoms with Gasteiger partial charge in [0.15, 0.2) is 0 Å². The first-order valence-electron chi connectivity index (χ1n) is 4.95. The van der Waals surface area contributed by atoms with E-state index in [1.807, 2.05) is 0 Å². The lowest BCUT2D eigenvalue weighted by molar-refractivity contribution is -0.148. The lowest BCUT2D eigenvalue weighted by Gasteiger charge is -2.30. The second kappa shape index (κ2) is 4.24. The fourth-order valence-corrected chi connectivity index (χ4v) is 1.82. The Kier molecular flexibility index (Phi) is 2.92. The molecular weight excluding hydrogens is 233 g/mol. The van der Waals surface area contributed by atoms with Crippen LogP contribution < -0.4 is 0 Å². The van der Waals surface area contributed by atoms with E-state index >= 15 is 0 Å². The van der Waals surface area contributed by atoms with Gasteiger partial charge in [0.1, 0.15) is 0 Å². The molecular formula is C12H9F3O2. The number of hydrogen-bond acceptors (Lipinski definition) is 2. The van der Waals surface area contributed by atoms with Gasteiger partial charge in [-0.3, -0.25) is 4.79 Å². The fraction of sp³-hybridized carbons (Fsp3) is 0.250. The molecule has 0 saturated carbocycles. The second-order valence-corrected chi connectivity index (χ2v) is 3.62. The molecule has 2 rings (SSSR count). The Balaban J connectivity index is 2.50. The summed E-state index contributed by atoms with van der Waals surface area (Å²) in [5, 5.41) is 0. The van der Waals surface area contributed by atoms with Gasteiger partial charge in [-0.2, -0.15) is 0 Å². The molecule has 1 aliphatic heterocycles. The topological polar surface area (TPSA) is 26.3 Å². The molecule has 2 unspecified atom stereocenters. The SMILES string of the molecule is O=C1C=COC1(c1ccccc1)C(F)C(F)F. The number of benzene rings is 1. The van der Waals surface area contributed by atoms with E-state index in [0.717, 1.165) is 12.3 Å². The van der Waals surface area contributed by atoms with E-state index < -0.39 is 24.0 Å². The molecule has 0 radical (unpaired) electrons. The summed E-state index contributed by atoms with van der Waals surface area (Å²) in [6, 6.07) is 7.48. The molecule has 90 valence electrons. The van der Waals surface area contributed by atoms with Crippen LogP contribution in [0.5, 0.6) is 0 Å². The molecule has 17 heavy (non-hydrogen) atoms. The van der Waals surface area contributed by atoms with Crippen molar-refractivity contribution in [3.63, 3.8) is 0 Å². The van der Waals surface area contributed by atoms with Crippen LogP contribution in [0.1, 0.15) is 5.56 Å². The first-order valence-corrected chi connectivity index (χ1v) is 4.95. The van der Waals surface area contributed by atoms with Crippen molar-refractivity contribution in [3.8, 4) is 0 Å². The zero-order chi connectivity index (χ0) is 12.5. The molecule has 0 fully saturated rings. The van der Waals surface area contributed by atoms with Crippen molar-refractivity contribution < 1.29 is 22.7 Å². The Bertz CT molecular complexity index is 444. The third kappa shape index (κ3) is 1.71. The van der Waals surface area contributed by atoms with E-state index in [4.69, 9.17) is 4.74 Å². The molecule has 0 spiro atoms. The first kappa shape index (κ1) is 11.7. The van der Waals surface area contributed by atoms with E-state index in [1.165, 1.54) is 24.3 Å². The van der Waals surface area contributed by atoms with Crippen LogP contribution in [0, 0.1) is 0 Å². The molecule has 1 aromatic rings. The Labute approximate surface area is 95.7 Å². The van der Waals surface area contributed by atoms with Crippen molar-refractivity contribution >= 4 is 5.78 Å². The molecule has 0 bridgehead atoms. The summed E-state index contributed by atoms with van der Waals surface area (Å²) in [6.45, 7) is 0. The largest absolute Gasteiger partial charge is 0.478 e. The van der Waals surface area contributed by atoms with E-state index in [0.29, 0.717) is 0 Å². The number of carbonyl (C=O) groups excluding carboxylic acids is 1. The van der Waals surface area contributed by atoms with Crippen LogP contribution in [0.25, 0.3) is 0 Å².